The lowest BCUT2D eigenvalue weighted by Crippen LogP contribution is -2.39. The molecule has 1 aromatic rings. The summed E-state index contributed by atoms with van der Waals surface area (Å²) in [6.45, 7) is -0.417. The van der Waals surface area contributed by atoms with Crippen molar-refractivity contribution >= 4 is 17.5 Å². The van der Waals surface area contributed by atoms with E-state index in [9.17, 15) is 35.5 Å². The van der Waals surface area contributed by atoms with Crippen LogP contribution in [0.5, 0.6) is 0 Å². The molecule has 25 heavy (non-hydrogen) atoms. The summed E-state index contributed by atoms with van der Waals surface area (Å²) in [4.78, 5) is 11.3. The molecule has 2 nitrogen and oxygen atoms in total. The summed E-state index contributed by atoms with van der Waals surface area (Å²) in [5.74, 6) is -9.27. The molecule has 1 fully saturated rings. The van der Waals surface area contributed by atoms with E-state index in [0.717, 1.165) is 18.2 Å². The average molecular weight is 388 g/mol. The van der Waals surface area contributed by atoms with E-state index in [1.165, 1.54) is 0 Å². The van der Waals surface area contributed by atoms with Gasteiger partial charge in [0.05, 0.1) is 6.61 Å². The number of benzene rings is 1. The summed E-state index contributed by atoms with van der Waals surface area (Å²) in [5, 5.41) is 0. The summed E-state index contributed by atoms with van der Waals surface area (Å²) in [7, 11) is 0. The van der Waals surface area contributed by atoms with Crippen LogP contribution in [0.25, 0.3) is 0 Å². The van der Waals surface area contributed by atoms with Gasteiger partial charge in [0.25, 0.3) is 0 Å². The van der Waals surface area contributed by atoms with Gasteiger partial charge in [-0.05, 0) is 29.3 Å². The largest absolute Gasteiger partial charge is 0.446 e. The minimum absolute atomic E-state index is 0.352. The Hall–Kier alpha value is -1.29. The van der Waals surface area contributed by atoms with E-state index in [1.807, 2.05) is 0 Å². The number of Topliss-reactive ketones (excluding diaryl/α,β-unsaturated/α-hetero) is 1. The summed E-state index contributed by atoms with van der Waals surface area (Å²) >= 11 is -0.656. The van der Waals surface area contributed by atoms with Crippen molar-refractivity contribution in [3.63, 3.8) is 0 Å². The number of ether oxygens (including phenoxy) is 1. The molecule has 1 atom stereocenters. The Balaban J connectivity index is 1.84. The van der Waals surface area contributed by atoms with E-state index >= 15 is 0 Å². The third-order valence-corrected chi connectivity index (χ3v) is 4.89. The Morgan fingerprint density at radius 1 is 1.16 bits per heavy atom. The number of halogens is 7. The molecule has 0 bridgehead atoms. The maximum atomic E-state index is 14.2. The maximum absolute atomic E-state index is 14.2. The van der Waals surface area contributed by atoms with Gasteiger partial charge in [-0.1, -0.05) is 12.1 Å². The molecule has 0 radical (unpaired) electrons. The van der Waals surface area contributed by atoms with Crippen LogP contribution in [0.4, 0.5) is 30.7 Å². The first-order chi connectivity index (χ1) is 11.4. The number of rotatable bonds is 4. The molecule has 10 heteroatoms. The second-order valence-electron chi connectivity index (χ2n) is 6.06. The van der Waals surface area contributed by atoms with Gasteiger partial charge in [0.15, 0.2) is 6.10 Å². The topological polar surface area (TPSA) is 26.3 Å². The second kappa shape index (κ2) is 5.87. The molecule has 0 aliphatic heterocycles. The Kier molecular flexibility index (Phi) is 4.34. The van der Waals surface area contributed by atoms with Crippen LogP contribution < -0.4 is 0 Å². The highest BCUT2D eigenvalue weighted by Gasteiger charge is 2.58. The van der Waals surface area contributed by atoms with Crippen LogP contribution in [-0.4, -0.2) is 29.7 Å². The monoisotopic (exact) mass is 388 g/mol. The first-order valence-corrected chi connectivity index (χ1v) is 8.03. The van der Waals surface area contributed by atoms with Crippen molar-refractivity contribution < 1.29 is 40.3 Å². The van der Waals surface area contributed by atoms with Crippen LogP contribution >= 0.6 is 11.8 Å². The number of thioether (sulfide) groups is 1. The zero-order valence-electron chi connectivity index (χ0n) is 12.4. The summed E-state index contributed by atoms with van der Waals surface area (Å²) in [5.41, 5.74) is -5.82. The van der Waals surface area contributed by atoms with Crippen LogP contribution in [0, 0.1) is 5.92 Å². The molecular weight excluding hydrogens is 377 g/mol. The van der Waals surface area contributed by atoms with Crippen molar-refractivity contribution in [3.05, 3.63) is 29.3 Å². The van der Waals surface area contributed by atoms with Gasteiger partial charge < -0.3 is 4.74 Å². The van der Waals surface area contributed by atoms with Gasteiger partial charge in [-0.25, -0.2) is 8.78 Å². The predicted molar refractivity (Wildman–Crippen MR) is 74.0 cm³/mol. The highest BCUT2D eigenvalue weighted by atomic mass is 32.2. The molecule has 0 aromatic heterocycles. The minimum atomic E-state index is -4.75. The van der Waals surface area contributed by atoms with Gasteiger partial charge in [0.2, 0.25) is 11.7 Å². The Labute approximate surface area is 141 Å². The number of hydrogen-bond donors (Lipinski definition) is 0. The van der Waals surface area contributed by atoms with Crippen molar-refractivity contribution in [2.45, 2.75) is 41.2 Å². The molecule has 0 saturated heterocycles. The third-order valence-electron chi connectivity index (χ3n) is 4.10. The highest BCUT2D eigenvalue weighted by Crippen LogP contribution is 2.51. The van der Waals surface area contributed by atoms with Crippen molar-refractivity contribution in [3.8, 4) is 0 Å². The van der Waals surface area contributed by atoms with Crippen molar-refractivity contribution in [2.75, 3.05) is 6.61 Å². The first kappa shape index (κ1) is 18.5. The molecule has 1 unspecified atom stereocenters. The first-order valence-electron chi connectivity index (χ1n) is 7.21. The number of alkyl halides is 7. The number of hydrogen-bond acceptors (Lipinski definition) is 3. The molecule has 0 amide bonds. The molecule has 0 spiro atoms. The number of carbonyl (C=O) groups is 1. The molecule has 2 aliphatic carbocycles. The van der Waals surface area contributed by atoms with E-state index in [0.29, 0.717) is 0 Å². The van der Waals surface area contributed by atoms with Crippen LogP contribution in [-0.2, 0) is 4.74 Å². The van der Waals surface area contributed by atoms with E-state index in [1.54, 1.807) is 0 Å². The zero-order valence-corrected chi connectivity index (χ0v) is 13.2. The van der Waals surface area contributed by atoms with E-state index in [4.69, 9.17) is 4.74 Å². The van der Waals surface area contributed by atoms with Crippen LogP contribution in [0.1, 0.15) is 34.9 Å². The van der Waals surface area contributed by atoms with Crippen molar-refractivity contribution in [1.29, 1.82) is 0 Å². The van der Waals surface area contributed by atoms with Crippen LogP contribution in [0.15, 0.2) is 23.1 Å². The molecule has 0 heterocycles. The fourth-order valence-corrected chi connectivity index (χ4v) is 3.74. The van der Waals surface area contributed by atoms with Gasteiger partial charge >= 0.3 is 11.4 Å². The summed E-state index contributed by atoms with van der Waals surface area (Å²) < 4.78 is 96.7. The molecule has 1 saturated carbocycles. The smallest absolute Gasteiger partial charge is 0.366 e. The Bertz CT molecular complexity index is 694. The van der Waals surface area contributed by atoms with E-state index in [-0.39, 0.29) is 5.56 Å². The van der Waals surface area contributed by atoms with Gasteiger partial charge in [-0.2, -0.15) is 22.0 Å². The lowest BCUT2D eigenvalue weighted by molar-refractivity contribution is -0.159. The zero-order chi connectivity index (χ0) is 18.6. The van der Waals surface area contributed by atoms with Crippen molar-refractivity contribution in [2.24, 2.45) is 5.92 Å². The van der Waals surface area contributed by atoms with Crippen LogP contribution in [0.3, 0.4) is 0 Å². The average Bonchev–Trinajstić information content (AvgIpc) is 2.61. The lowest BCUT2D eigenvalue weighted by atomic mass is 9.82. The highest BCUT2D eigenvalue weighted by molar-refractivity contribution is 8.00. The van der Waals surface area contributed by atoms with Gasteiger partial charge in [-0.3, -0.25) is 4.79 Å². The fourth-order valence-electron chi connectivity index (χ4n) is 3.03. The normalized spacial score (nSPS) is 24.9. The van der Waals surface area contributed by atoms with E-state index < -0.39 is 76.8 Å². The SMILES string of the molecule is O=C1c2c(SC(F)(F)F)cccc2C(OCC2CC(F)(F)C2)C1(F)F. The predicted octanol–water partition coefficient (Wildman–Crippen LogP) is 5.23. The number of ketones is 1. The fraction of sp³-hybridized carbons (Fsp3) is 0.533. The van der Waals surface area contributed by atoms with Gasteiger partial charge in [0.1, 0.15) is 0 Å². The molecule has 0 N–H and O–H groups in total. The summed E-state index contributed by atoms with van der Waals surface area (Å²) in [6.07, 6.45) is -3.08. The molecule has 138 valence electrons. The van der Waals surface area contributed by atoms with Gasteiger partial charge in [-0.15, -0.1) is 0 Å². The molecule has 2 aliphatic rings. The van der Waals surface area contributed by atoms with E-state index in [2.05, 4.69) is 0 Å². The number of carbonyl (C=O) groups excluding carboxylic acids is 1. The quantitative estimate of drug-likeness (QED) is 0.522. The molecule has 1 aromatic carbocycles. The standard InChI is InChI=1S/C15H11F7O2S/c16-13(17)4-7(5-13)6-24-12-8-2-1-3-9(25-15(20,21)22)10(8)11(23)14(12,18)19/h1-3,7,12H,4-6H2. The minimum Gasteiger partial charge on any atom is -0.366 e. The third kappa shape index (κ3) is 3.51. The maximum Gasteiger partial charge on any atom is 0.446 e. The van der Waals surface area contributed by atoms with Gasteiger partial charge in [0, 0.05) is 23.3 Å². The second-order valence-corrected chi connectivity index (χ2v) is 7.17. The Morgan fingerprint density at radius 2 is 1.80 bits per heavy atom. The lowest BCUT2D eigenvalue weighted by Gasteiger charge is -2.35. The molecule has 3 rings (SSSR count). The number of fused-ring (bicyclic) bond motifs is 1. The summed E-state index contributed by atoms with van der Waals surface area (Å²) in [6, 6.07) is 3.14. The molecular formula is C15H11F7O2S. The Morgan fingerprint density at radius 3 is 2.36 bits per heavy atom. The van der Waals surface area contributed by atoms with Crippen molar-refractivity contribution in [1.82, 2.24) is 0 Å². The van der Waals surface area contributed by atoms with Crippen LogP contribution in [0.2, 0.25) is 0 Å².